The molecule has 3 aromatic carbocycles. The van der Waals surface area contributed by atoms with E-state index in [4.69, 9.17) is 4.74 Å². The van der Waals surface area contributed by atoms with Gasteiger partial charge in [-0.3, -0.25) is 14.5 Å². The van der Waals surface area contributed by atoms with Crippen LogP contribution in [0.3, 0.4) is 0 Å². The molecule has 1 heterocycles. The molecule has 3 aromatic rings. The number of rotatable bonds is 6. The summed E-state index contributed by atoms with van der Waals surface area (Å²) in [5, 5.41) is 11.1. The molecule has 1 aliphatic heterocycles. The number of carbonyl (C=O) groups is 2. The van der Waals surface area contributed by atoms with Gasteiger partial charge in [0.2, 0.25) is 0 Å². The number of anilines is 1. The Labute approximate surface area is 210 Å². The third-order valence-electron chi connectivity index (χ3n) is 5.81. The molecule has 1 aliphatic rings. The molecule has 192 valence electrons. The topological polar surface area (TPSA) is 66.8 Å². The largest absolute Gasteiger partial charge is 0.507 e. The van der Waals surface area contributed by atoms with Crippen LogP contribution >= 0.6 is 0 Å². The normalized spacial score (nSPS) is 17.5. The van der Waals surface area contributed by atoms with Gasteiger partial charge in [0.1, 0.15) is 17.3 Å². The van der Waals surface area contributed by atoms with Crippen molar-refractivity contribution in [3.63, 3.8) is 0 Å². The molecule has 5 nitrogen and oxygen atoms in total. The van der Waals surface area contributed by atoms with Crippen molar-refractivity contribution < 1.29 is 37.0 Å². The molecule has 0 radical (unpaired) electrons. The van der Waals surface area contributed by atoms with Gasteiger partial charge in [0.15, 0.2) is 0 Å². The first-order valence-corrected chi connectivity index (χ1v) is 11.4. The van der Waals surface area contributed by atoms with Crippen LogP contribution in [-0.2, 0) is 15.8 Å². The zero-order chi connectivity index (χ0) is 26.9. The molecule has 0 saturated carbocycles. The maximum Gasteiger partial charge on any atom is 0.416 e. The Hall–Kier alpha value is -4.14. The van der Waals surface area contributed by atoms with E-state index in [2.05, 4.69) is 0 Å². The molecule has 1 unspecified atom stereocenters. The zero-order valence-corrected chi connectivity index (χ0v) is 19.9. The highest BCUT2D eigenvalue weighted by Crippen LogP contribution is 2.43. The second kappa shape index (κ2) is 10.1. The van der Waals surface area contributed by atoms with E-state index in [0.29, 0.717) is 23.8 Å². The standard InChI is InChI=1S/C28H23F4NO4/c1-16(2)15-37-22-13-5-18(6-14-22)25(34)23-24(17-3-9-20(29)10-4-17)33(27(36)26(23)35)21-11-7-19(8-12-21)28(30,31)32/h3-14,16,24,34H,15H2,1-2H3/b25-23+. The van der Waals surface area contributed by atoms with Crippen LogP contribution in [0, 0.1) is 11.7 Å². The Morgan fingerprint density at radius 2 is 1.54 bits per heavy atom. The average Bonchev–Trinajstić information content (AvgIpc) is 3.13. The summed E-state index contributed by atoms with van der Waals surface area (Å²) in [4.78, 5) is 27.2. The van der Waals surface area contributed by atoms with Crippen molar-refractivity contribution in [3.8, 4) is 5.75 Å². The predicted octanol–water partition coefficient (Wildman–Crippen LogP) is 6.51. The van der Waals surface area contributed by atoms with E-state index >= 15 is 0 Å². The number of aliphatic hydroxyl groups is 1. The number of benzene rings is 3. The van der Waals surface area contributed by atoms with Crippen LogP contribution < -0.4 is 9.64 Å². The number of amides is 1. The number of Topliss-reactive ketones (excluding diaryl/α,β-unsaturated/α-hetero) is 1. The van der Waals surface area contributed by atoms with E-state index in [9.17, 15) is 32.3 Å². The molecule has 1 saturated heterocycles. The van der Waals surface area contributed by atoms with Gasteiger partial charge in [-0.15, -0.1) is 0 Å². The lowest BCUT2D eigenvalue weighted by atomic mass is 9.95. The van der Waals surface area contributed by atoms with Crippen LogP contribution in [0.25, 0.3) is 5.76 Å². The maximum absolute atomic E-state index is 13.6. The quantitative estimate of drug-likeness (QED) is 0.177. The maximum atomic E-state index is 13.6. The summed E-state index contributed by atoms with van der Waals surface area (Å²) in [6, 6.07) is 13.8. The van der Waals surface area contributed by atoms with Crippen molar-refractivity contribution in [2.75, 3.05) is 11.5 Å². The van der Waals surface area contributed by atoms with Gasteiger partial charge in [0.05, 0.1) is 23.8 Å². The summed E-state index contributed by atoms with van der Waals surface area (Å²) >= 11 is 0. The number of nitrogens with zero attached hydrogens (tertiary/aromatic N) is 1. The average molecular weight is 513 g/mol. The van der Waals surface area contributed by atoms with Crippen molar-refractivity contribution in [3.05, 3.63) is 101 Å². The predicted molar refractivity (Wildman–Crippen MR) is 129 cm³/mol. The Balaban J connectivity index is 1.80. The van der Waals surface area contributed by atoms with E-state index in [-0.39, 0.29) is 16.8 Å². The number of aliphatic hydroxyl groups excluding tert-OH is 1. The van der Waals surface area contributed by atoms with Crippen LogP contribution in [0.4, 0.5) is 23.2 Å². The van der Waals surface area contributed by atoms with Gasteiger partial charge in [-0.1, -0.05) is 26.0 Å². The molecule has 1 N–H and O–H groups in total. The highest BCUT2D eigenvalue weighted by molar-refractivity contribution is 6.51. The van der Waals surface area contributed by atoms with E-state index in [1.807, 2.05) is 13.8 Å². The second-order valence-corrected chi connectivity index (χ2v) is 8.99. The highest BCUT2D eigenvalue weighted by Gasteiger charge is 2.47. The van der Waals surface area contributed by atoms with Crippen LogP contribution in [0.5, 0.6) is 5.75 Å². The van der Waals surface area contributed by atoms with Gasteiger partial charge < -0.3 is 9.84 Å². The number of ketones is 1. The van der Waals surface area contributed by atoms with Crippen molar-refractivity contribution in [1.29, 1.82) is 0 Å². The minimum Gasteiger partial charge on any atom is -0.507 e. The van der Waals surface area contributed by atoms with Gasteiger partial charge in [-0.05, 0) is 72.1 Å². The lowest BCUT2D eigenvalue weighted by molar-refractivity contribution is -0.137. The SMILES string of the molecule is CC(C)COc1ccc(/C(O)=C2\C(=O)C(=O)N(c3ccc(C(F)(F)F)cc3)C2c2ccc(F)cc2)cc1. The molecular formula is C28H23F4NO4. The summed E-state index contributed by atoms with van der Waals surface area (Å²) < 4.78 is 58.5. The molecule has 37 heavy (non-hydrogen) atoms. The van der Waals surface area contributed by atoms with Gasteiger partial charge in [0.25, 0.3) is 11.7 Å². The Kier molecular flexibility index (Phi) is 7.07. The molecule has 1 fully saturated rings. The molecule has 4 rings (SSSR count). The molecule has 0 aromatic heterocycles. The molecule has 0 aliphatic carbocycles. The van der Waals surface area contributed by atoms with Crippen LogP contribution in [0.2, 0.25) is 0 Å². The van der Waals surface area contributed by atoms with Crippen molar-refractivity contribution in [2.24, 2.45) is 5.92 Å². The smallest absolute Gasteiger partial charge is 0.416 e. The molecule has 1 atom stereocenters. The summed E-state index contributed by atoms with van der Waals surface area (Å²) in [5.41, 5.74) is -0.660. The van der Waals surface area contributed by atoms with E-state index < -0.39 is 41.0 Å². The van der Waals surface area contributed by atoms with E-state index in [1.54, 1.807) is 12.1 Å². The molecular weight excluding hydrogens is 490 g/mol. The van der Waals surface area contributed by atoms with Crippen molar-refractivity contribution >= 4 is 23.1 Å². The van der Waals surface area contributed by atoms with E-state index in [0.717, 1.165) is 41.3 Å². The number of carbonyl (C=O) groups excluding carboxylic acids is 2. The lowest BCUT2D eigenvalue weighted by Gasteiger charge is -2.25. The van der Waals surface area contributed by atoms with E-state index in [1.165, 1.54) is 24.3 Å². The number of hydrogen-bond donors (Lipinski definition) is 1. The van der Waals surface area contributed by atoms with Gasteiger partial charge in [0, 0.05) is 11.3 Å². The number of halogens is 4. The minimum absolute atomic E-state index is 0.0147. The monoisotopic (exact) mass is 513 g/mol. The molecule has 1 amide bonds. The summed E-state index contributed by atoms with van der Waals surface area (Å²) in [5.74, 6) is -2.25. The van der Waals surface area contributed by atoms with Crippen molar-refractivity contribution in [1.82, 2.24) is 0 Å². The fraction of sp³-hybridized carbons (Fsp3) is 0.214. The third-order valence-corrected chi connectivity index (χ3v) is 5.81. The van der Waals surface area contributed by atoms with Crippen LogP contribution in [-0.4, -0.2) is 23.4 Å². The fourth-order valence-corrected chi connectivity index (χ4v) is 4.00. The lowest BCUT2D eigenvalue weighted by Crippen LogP contribution is -2.29. The molecule has 0 bridgehead atoms. The van der Waals surface area contributed by atoms with Gasteiger partial charge >= 0.3 is 6.18 Å². The Morgan fingerprint density at radius 1 is 0.946 bits per heavy atom. The van der Waals surface area contributed by atoms with Crippen LogP contribution in [0.1, 0.15) is 36.6 Å². The Bertz CT molecular complexity index is 1330. The second-order valence-electron chi connectivity index (χ2n) is 8.99. The highest BCUT2D eigenvalue weighted by atomic mass is 19.4. The number of alkyl halides is 3. The summed E-state index contributed by atoms with van der Waals surface area (Å²) in [7, 11) is 0. The third kappa shape index (κ3) is 5.35. The fourth-order valence-electron chi connectivity index (χ4n) is 4.00. The van der Waals surface area contributed by atoms with Gasteiger partial charge in [-0.2, -0.15) is 13.2 Å². The van der Waals surface area contributed by atoms with Crippen molar-refractivity contribution in [2.45, 2.75) is 26.1 Å². The summed E-state index contributed by atoms with van der Waals surface area (Å²) in [6.45, 7) is 4.46. The minimum atomic E-state index is -4.59. The first-order valence-electron chi connectivity index (χ1n) is 11.4. The molecule has 9 heteroatoms. The number of hydrogen-bond acceptors (Lipinski definition) is 4. The Morgan fingerprint density at radius 3 is 2.08 bits per heavy atom. The van der Waals surface area contributed by atoms with Crippen LogP contribution in [0.15, 0.2) is 78.4 Å². The first kappa shape index (κ1) is 25.9. The summed E-state index contributed by atoms with van der Waals surface area (Å²) in [6.07, 6.45) is -4.59. The van der Waals surface area contributed by atoms with Gasteiger partial charge in [-0.25, -0.2) is 4.39 Å². The number of ether oxygens (including phenoxy) is 1. The zero-order valence-electron chi connectivity index (χ0n) is 19.9. The first-order chi connectivity index (χ1) is 17.5. The molecule has 0 spiro atoms.